The molecule has 0 aromatic carbocycles. The molecular formula is C11H18N2O3S. The zero-order valence-electron chi connectivity index (χ0n) is 10.3. The molecule has 0 atom stereocenters. The first-order chi connectivity index (χ1) is 7.74. The van der Waals surface area contributed by atoms with Crippen LogP contribution in [0.25, 0.3) is 0 Å². The van der Waals surface area contributed by atoms with Crippen molar-refractivity contribution in [3.05, 3.63) is 29.6 Å². The van der Waals surface area contributed by atoms with Crippen molar-refractivity contribution in [3.8, 4) is 0 Å². The van der Waals surface area contributed by atoms with Crippen molar-refractivity contribution in [2.75, 3.05) is 12.8 Å². The van der Waals surface area contributed by atoms with Gasteiger partial charge in [-0.2, -0.15) is 0 Å². The highest BCUT2D eigenvalue weighted by Crippen LogP contribution is 2.20. The Kier molecular flexibility index (Phi) is 4.24. The van der Waals surface area contributed by atoms with E-state index in [1.165, 1.54) is 0 Å². The zero-order valence-corrected chi connectivity index (χ0v) is 11.1. The third-order valence-corrected chi connectivity index (χ3v) is 3.11. The Bertz CT molecular complexity index is 483. The van der Waals surface area contributed by atoms with Crippen LogP contribution in [0.1, 0.15) is 25.2 Å². The number of hydrogen-bond donors (Lipinski definition) is 2. The van der Waals surface area contributed by atoms with E-state index in [1.54, 1.807) is 12.1 Å². The van der Waals surface area contributed by atoms with E-state index in [-0.39, 0.29) is 13.2 Å². The minimum atomic E-state index is -3.21. The summed E-state index contributed by atoms with van der Waals surface area (Å²) in [5.41, 5.74) is 0.906. The molecule has 0 fully saturated rings. The lowest BCUT2D eigenvalue weighted by molar-refractivity contribution is 0.275. The summed E-state index contributed by atoms with van der Waals surface area (Å²) >= 11 is 0. The summed E-state index contributed by atoms with van der Waals surface area (Å²) in [5, 5.41) is 9.01. The molecule has 0 saturated carbocycles. The maximum atomic E-state index is 11.1. The van der Waals surface area contributed by atoms with E-state index < -0.39 is 15.4 Å². The number of nitrogens with one attached hydrogen (secondary N) is 1. The normalized spacial score (nSPS) is 12.7. The van der Waals surface area contributed by atoms with Crippen molar-refractivity contribution in [1.29, 1.82) is 0 Å². The van der Waals surface area contributed by atoms with Crippen LogP contribution in [0.15, 0.2) is 18.2 Å². The summed E-state index contributed by atoms with van der Waals surface area (Å²) in [7, 11) is -3.21. The van der Waals surface area contributed by atoms with Gasteiger partial charge in [-0.05, 0) is 12.1 Å². The number of aromatic nitrogens is 1. The molecular weight excluding hydrogens is 240 g/mol. The predicted molar refractivity (Wildman–Crippen MR) is 66.0 cm³/mol. The van der Waals surface area contributed by atoms with Gasteiger partial charge in [-0.1, -0.05) is 19.9 Å². The lowest BCUT2D eigenvalue weighted by atomic mass is 9.89. The Labute approximate surface area is 102 Å². The number of aliphatic hydroxyl groups is 1. The van der Waals surface area contributed by atoms with Crippen molar-refractivity contribution in [2.24, 2.45) is 0 Å². The Morgan fingerprint density at radius 3 is 2.59 bits per heavy atom. The zero-order chi connectivity index (χ0) is 13.1. The minimum absolute atomic E-state index is 0.122. The maximum absolute atomic E-state index is 11.1. The summed E-state index contributed by atoms with van der Waals surface area (Å²) in [6, 6.07) is 5.35. The topological polar surface area (TPSA) is 79.3 Å². The second-order valence-corrected chi connectivity index (χ2v) is 6.48. The fourth-order valence-electron chi connectivity index (χ4n) is 1.35. The highest BCUT2D eigenvalue weighted by Gasteiger charge is 2.23. The average molecular weight is 258 g/mol. The molecule has 1 rings (SSSR count). The molecule has 5 nitrogen and oxygen atoms in total. The molecule has 6 heteroatoms. The largest absolute Gasteiger partial charge is 0.390 e. The summed E-state index contributed by atoms with van der Waals surface area (Å²) in [6.07, 6.45) is 1.13. The molecule has 0 amide bonds. The van der Waals surface area contributed by atoms with E-state index in [0.717, 1.165) is 11.9 Å². The van der Waals surface area contributed by atoms with Crippen molar-refractivity contribution < 1.29 is 13.5 Å². The van der Waals surface area contributed by atoms with E-state index in [1.807, 2.05) is 19.9 Å². The molecule has 1 aromatic heterocycles. The molecule has 0 saturated heterocycles. The van der Waals surface area contributed by atoms with Crippen LogP contribution in [0.5, 0.6) is 0 Å². The van der Waals surface area contributed by atoms with Crippen LogP contribution in [0.3, 0.4) is 0 Å². The summed E-state index contributed by atoms with van der Waals surface area (Å²) in [5.74, 6) is 0. The van der Waals surface area contributed by atoms with Gasteiger partial charge in [-0.25, -0.2) is 13.1 Å². The smallest absolute Gasteiger partial charge is 0.208 e. The highest BCUT2D eigenvalue weighted by atomic mass is 32.2. The van der Waals surface area contributed by atoms with Crippen molar-refractivity contribution >= 4 is 10.0 Å². The minimum Gasteiger partial charge on any atom is -0.390 e. The van der Waals surface area contributed by atoms with E-state index >= 15 is 0 Å². The van der Waals surface area contributed by atoms with Gasteiger partial charge in [0.15, 0.2) is 0 Å². The number of sulfonamides is 1. The predicted octanol–water partition coefficient (Wildman–Crippen LogP) is 0.401. The molecule has 0 unspecified atom stereocenters. The molecule has 0 aliphatic heterocycles. The van der Waals surface area contributed by atoms with E-state index in [9.17, 15) is 8.42 Å². The molecule has 96 valence electrons. The monoisotopic (exact) mass is 258 g/mol. The standard InChI is InChI=1S/C11H18N2O3S/c1-11(2,8-12-17(3,15)16)10-6-4-5-9(7-14)13-10/h4-6,12,14H,7-8H2,1-3H3. The lowest BCUT2D eigenvalue weighted by Gasteiger charge is -2.24. The Morgan fingerprint density at radius 1 is 1.41 bits per heavy atom. The van der Waals surface area contributed by atoms with Crippen molar-refractivity contribution in [1.82, 2.24) is 9.71 Å². The number of pyridine rings is 1. The summed E-state index contributed by atoms with van der Waals surface area (Å²) < 4.78 is 24.6. The Morgan fingerprint density at radius 2 is 2.06 bits per heavy atom. The molecule has 0 aliphatic rings. The van der Waals surface area contributed by atoms with Crippen LogP contribution in [-0.2, 0) is 22.0 Å². The van der Waals surface area contributed by atoms with Gasteiger partial charge in [0.2, 0.25) is 10.0 Å². The maximum Gasteiger partial charge on any atom is 0.208 e. The lowest BCUT2D eigenvalue weighted by Crippen LogP contribution is -2.36. The van der Waals surface area contributed by atoms with Crippen LogP contribution in [0.2, 0.25) is 0 Å². The van der Waals surface area contributed by atoms with Gasteiger partial charge >= 0.3 is 0 Å². The fourth-order valence-corrected chi connectivity index (χ4v) is 1.97. The Hall–Kier alpha value is -0.980. The highest BCUT2D eigenvalue weighted by molar-refractivity contribution is 7.88. The van der Waals surface area contributed by atoms with Gasteiger partial charge in [-0.3, -0.25) is 4.98 Å². The molecule has 17 heavy (non-hydrogen) atoms. The SMILES string of the molecule is CC(C)(CNS(C)(=O)=O)c1cccc(CO)n1. The third kappa shape index (κ3) is 4.41. The van der Waals surface area contributed by atoms with Crippen LogP contribution < -0.4 is 4.72 Å². The Balaban J connectivity index is 2.88. The van der Waals surface area contributed by atoms with Crippen LogP contribution in [-0.4, -0.2) is 31.3 Å². The van der Waals surface area contributed by atoms with E-state index in [2.05, 4.69) is 9.71 Å². The van der Waals surface area contributed by atoms with Gasteiger partial charge < -0.3 is 5.11 Å². The molecule has 0 radical (unpaired) electrons. The quantitative estimate of drug-likeness (QED) is 0.801. The first-order valence-electron chi connectivity index (χ1n) is 5.26. The summed E-state index contributed by atoms with van der Waals surface area (Å²) in [6.45, 7) is 3.94. The third-order valence-electron chi connectivity index (χ3n) is 2.44. The molecule has 0 bridgehead atoms. The van der Waals surface area contributed by atoms with Crippen molar-refractivity contribution in [2.45, 2.75) is 25.9 Å². The van der Waals surface area contributed by atoms with E-state index in [0.29, 0.717) is 5.69 Å². The number of nitrogens with zero attached hydrogens (tertiary/aromatic N) is 1. The molecule has 2 N–H and O–H groups in total. The molecule has 1 aromatic rings. The second kappa shape index (κ2) is 5.12. The van der Waals surface area contributed by atoms with Gasteiger partial charge in [0, 0.05) is 17.7 Å². The first kappa shape index (κ1) is 14.1. The fraction of sp³-hybridized carbons (Fsp3) is 0.545. The number of hydrogen-bond acceptors (Lipinski definition) is 4. The van der Waals surface area contributed by atoms with Gasteiger partial charge in [0.05, 0.1) is 18.6 Å². The number of rotatable bonds is 5. The van der Waals surface area contributed by atoms with Gasteiger partial charge in [-0.15, -0.1) is 0 Å². The van der Waals surface area contributed by atoms with Crippen molar-refractivity contribution in [3.63, 3.8) is 0 Å². The molecule has 1 heterocycles. The second-order valence-electron chi connectivity index (χ2n) is 4.65. The van der Waals surface area contributed by atoms with Gasteiger partial charge in [0.25, 0.3) is 0 Å². The molecule has 0 aliphatic carbocycles. The van der Waals surface area contributed by atoms with Crippen LogP contribution >= 0.6 is 0 Å². The molecule has 0 spiro atoms. The number of aliphatic hydroxyl groups excluding tert-OH is 1. The average Bonchev–Trinajstić information content (AvgIpc) is 2.26. The summed E-state index contributed by atoms with van der Waals surface area (Å²) in [4.78, 5) is 4.28. The van der Waals surface area contributed by atoms with Gasteiger partial charge in [0.1, 0.15) is 0 Å². The first-order valence-corrected chi connectivity index (χ1v) is 7.16. The van der Waals surface area contributed by atoms with Crippen LogP contribution in [0.4, 0.5) is 0 Å². The van der Waals surface area contributed by atoms with Crippen LogP contribution in [0, 0.1) is 0 Å². The van der Waals surface area contributed by atoms with E-state index in [4.69, 9.17) is 5.11 Å².